The van der Waals surface area contributed by atoms with Crippen LogP contribution in [0.5, 0.6) is 11.5 Å². The molecule has 0 aromatic heterocycles. The average Bonchev–Trinajstić information content (AvgIpc) is 3.28. The monoisotopic (exact) mass is 644 g/mol. The number of benzene rings is 4. The molecule has 0 radical (unpaired) electrons. The summed E-state index contributed by atoms with van der Waals surface area (Å²) in [6.07, 6.45) is 1.57. The van der Waals surface area contributed by atoms with Crippen LogP contribution in [-0.4, -0.2) is 47.7 Å². The van der Waals surface area contributed by atoms with Gasteiger partial charge in [-0.1, -0.05) is 60.1 Å². The van der Waals surface area contributed by atoms with E-state index in [9.17, 15) is 19.2 Å². The number of anilines is 1. The summed E-state index contributed by atoms with van der Waals surface area (Å²) in [7, 11) is 0. The van der Waals surface area contributed by atoms with Crippen LogP contribution in [0.3, 0.4) is 0 Å². The summed E-state index contributed by atoms with van der Waals surface area (Å²) in [6.45, 7) is 3.91. The molecule has 1 aliphatic rings. The van der Waals surface area contributed by atoms with Gasteiger partial charge in [-0.25, -0.2) is 4.79 Å². The quantitative estimate of drug-likeness (QED) is 0.134. The molecule has 45 heavy (non-hydrogen) atoms. The van der Waals surface area contributed by atoms with Gasteiger partial charge in [-0.05, 0) is 83.9 Å². The first-order chi connectivity index (χ1) is 21.8. The molecule has 0 saturated carbocycles. The van der Waals surface area contributed by atoms with Crippen LogP contribution in [0.25, 0.3) is 16.8 Å². The van der Waals surface area contributed by atoms with Crippen molar-refractivity contribution in [1.29, 1.82) is 0 Å². The number of fused-ring (bicyclic) bond motifs is 1. The molecule has 1 heterocycles. The number of nitrogens with one attached hydrogen (secondary N) is 1. The summed E-state index contributed by atoms with van der Waals surface area (Å²) in [5, 5.41) is 4.41. The minimum atomic E-state index is -0.633. The molecule has 1 fully saturated rings. The third-order valence-corrected chi connectivity index (χ3v) is 7.99. The van der Waals surface area contributed by atoms with Crippen LogP contribution < -0.4 is 14.8 Å². The predicted molar refractivity (Wildman–Crippen MR) is 175 cm³/mol. The summed E-state index contributed by atoms with van der Waals surface area (Å²) >= 11 is 6.82. The van der Waals surface area contributed by atoms with Crippen molar-refractivity contribution in [3.63, 3.8) is 0 Å². The number of halogens is 1. The molecule has 1 aliphatic heterocycles. The number of hydrogen-bond donors (Lipinski definition) is 1. The lowest BCUT2D eigenvalue weighted by Gasteiger charge is -2.14. The maximum absolute atomic E-state index is 13.1. The van der Waals surface area contributed by atoms with Crippen LogP contribution in [0.15, 0.2) is 83.8 Å². The third kappa shape index (κ3) is 7.47. The first kappa shape index (κ1) is 31.6. The highest BCUT2D eigenvalue weighted by Crippen LogP contribution is 2.35. The maximum Gasteiger partial charge on any atom is 0.339 e. The fourth-order valence-corrected chi connectivity index (χ4v) is 5.71. The second kappa shape index (κ2) is 14.3. The Bertz CT molecular complexity index is 1820. The van der Waals surface area contributed by atoms with Gasteiger partial charge >= 0.3 is 5.97 Å². The fraction of sp³-hybridized carbons (Fsp3) is 0.176. The van der Waals surface area contributed by atoms with Gasteiger partial charge in [-0.15, -0.1) is 0 Å². The Balaban J connectivity index is 1.26. The van der Waals surface area contributed by atoms with E-state index >= 15 is 0 Å². The van der Waals surface area contributed by atoms with E-state index in [-0.39, 0.29) is 27.8 Å². The minimum Gasteiger partial charge on any atom is -0.490 e. The number of ether oxygens (including phenoxy) is 3. The summed E-state index contributed by atoms with van der Waals surface area (Å²) in [4.78, 5) is 51.7. The Morgan fingerprint density at radius 1 is 0.911 bits per heavy atom. The largest absolute Gasteiger partial charge is 0.490 e. The number of amides is 3. The molecular weight excluding hydrogens is 616 g/mol. The van der Waals surface area contributed by atoms with E-state index in [1.54, 1.807) is 31.2 Å². The van der Waals surface area contributed by atoms with Crippen LogP contribution in [0, 0.1) is 0 Å². The zero-order valence-corrected chi connectivity index (χ0v) is 26.1. The van der Waals surface area contributed by atoms with E-state index in [0.717, 1.165) is 33.0 Å². The van der Waals surface area contributed by atoms with Crippen molar-refractivity contribution in [3.05, 3.63) is 105 Å². The van der Waals surface area contributed by atoms with Gasteiger partial charge in [0.05, 0.1) is 28.7 Å². The molecule has 0 aliphatic carbocycles. The molecule has 230 valence electrons. The SMILES string of the molecule is CCOC(=O)c1cc(NC(=O)CN2C(=O)S/C(=C/c3ccc(OCc4cccc5ccccc45)c(OCC)c3)C2=O)ccc1Cl. The lowest BCUT2D eigenvalue weighted by molar-refractivity contribution is -0.127. The molecule has 0 spiro atoms. The number of nitrogens with zero attached hydrogens (tertiary/aromatic N) is 1. The molecule has 0 bridgehead atoms. The summed E-state index contributed by atoms with van der Waals surface area (Å²) in [6, 6.07) is 23.7. The first-order valence-electron chi connectivity index (χ1n) is 14.2. The van der Waals surface area contributed by atoms with E-state index in [1.807, 2.05) is 31.2 Å². The highest BCUT2D eigenvalue weighted by Gasteiger charge is 2.36. The van der Waals surface area contributed by atoms with Crippen molar-refractivity contribution >= 4 is 68.9 Å². The molecule has 11 heteroatoms. The van der Waals surface area contributed by atoms with Gasteiger partial charge < -0.3 is 19.5 Å². The molecule has 1 N–H and O–H groups in total. The number of rotatable bonds is 11. The van der Waals surface area contributed by atoms with E-state index in [4.69, 9.17) is 25.8 Å². The smallest absolute Gasteiger partial charge is 0.339 e. The number of thioether (sulfide) groups is 1. The lowest BCUT2D eigenvalue weighted by atomic mass is 10.1. The Hall–Kier alpha value is -4.80. The minimum absolute atomic E-state index is 0.0850. The lowest BCUT2D eigenvalue weighted by Crippen LogP contribution is -2.36. The van der Waals surface area contributed by atoms with Gasteiger partial charge in [0.25, 0.3) is 11.1 Å². The number of hydrogen-bond acceptors (Lipinski definition) is 8. The van der Waals surface area contributed by atoms with Crippen LogP contribution >= 0.6 is 23.4 Å². The summed E-state index contributed by atoms with van der Waals surface area (Å²) in [5.41, 5.74) is 2.01. The third-order valence-electron chi connectivity index (χ3n) is 6.75. The molecule has 0 atom stereocenters. The van der Waals surface area contributed by atoms with Gasteiger partial charge in [0.1, 0.15) is 13.2 Å². The Kier molecular flexibility index (Phi) is 10.1. The zero-order chi connectivity index (χ0) is 31.9. The van der Waals surface area contributed by atoms with Gasteiger partial charge in [0.2, 0.25) is 5.91 Å². The molecule has 3 amide bonds. The van der Waals surface area contributed by atoms with Gasteiger partial charge in [0.15, 0.2) is 11.5 Å². The van der Waals surface area contributed by atoms with Crippen LogP contribution in [0.1, 0.15) is 35.3 Å². The van der Waals surface area contributed by atoms with E-state index < -0.39 is 29.6 Å². The molecule has 5 rings (SSSR count). The van der Waals surface area contributed by atoms with Crippen molar-refractivity contribution in [2.75, 3.05) is 25.1 Å². The topological polar surface area (TPSA) is 111 Å². The highest BCUT2D eigenvalue weighted by molar-refractivity contribution is 8.18. The first-order valence-corrected chi connectivity index (χ1v) is 15.3. The second-order valence-corrected chi connectivity index (χ2v) is 11.2. The normalized spacial score (nSPS) is 13.8. The van der Waals surface area contributed by atoms with Crippen molar-refractivity contribution < 1.29 is 33.4 Å². The molecule has 4 aromatic rings. The molecule has 0 unspecified atom stereocenters. The van der Waals surface area contributed by atoms with Gasteiger partial charge in [0, 0.05) is 5.69 Å². The van der Waals surface area contributed by atoms with Crippen molar-refractivity contribution in [2.45, 2.75) is 20.5 Å². The fourth-order valence-electron chi connectivity index (χ4n) is 4.68. The number of carbonyl (C=O) groups excluding carboxylic acids is 4. The van der Waals surface area contributed by atoms with Crippen LogP contribution in [0.2, 0.25) is 5.02 Å². The van der Waals surface area contributed by atoms with Crippen LogP contribution in [-0.2, 0) is 20.9 Å². The Morgan fingerprint density at radius 3 is 2.51 bits per heavy atom. The molecule has 4 aromatic carbocycles. The number of imide groups is 1. The summed E-state index contributed by atoms with van der Waals surface area (Å²) in [5.74, 6) is -0.818. The zero-order valence-electron chi connectivity index (χ0n) is 24.5. The summed E-state index contributed by atoms with van der Waals surface area (Å²) < 4.78 is 16.9. The predicted octanol–water partition coefficient (Wildman–Crippen LogP) is 7.32. The van der Waals surface area contributed by atoms with E-state index in [2.05, 4.69) is 23.5 Å². The molecular formula is C34H29ClN2O7S. The number of esters is 1. The Labute approximate surface area is 269 Å². The molecule has 1 saturated heterocycles. The number of carbonyl (C=O) groups is 4. The van der Waals surface area contributed by atoms with Crippen LogP contribution in [0.4, 0.5) is 10.5 Å². The van der Waals surface area contributed by atoms with Gasteiger partial charge in [-0.2, -0.15) is 0 Å². The van der Waals surface area contributed by atoms with Crippen molar-refractivity contribution in [1.82, 2.24) is 4.90 Å². The van der Waals surface area contributed by atoms with E-state index in [1.165, 1.54) is 18.2 Å². The molecule has 9 nitrogen and oxygen atoms in total. The van der Waals surface area contributed by atoms with Crippen molar-refractivity contribution in [3.8, 4) is 11.5 Å². The van der Waals surface area contributed by atoms with Crippen molar-refractivity contribution in [2.24, 2.45) is 0 Å². The second-order valence-electron chi connectivity index (χ2n) is 9.80. The standard InChI is InChI=1S/C34H29ClN2O7S/c1-3-42-29-16-21(12-15-28(29)44-20-23-10-7-9-22-8-5-6-11-25(22)23)17-30-32(39)37(34(41)45-30)19-31(38)36-24-13-14-27(35)26(18-24)33(40)43-4-2/h5-18H,3-4,19-20H2,1-2H3,(H,36,38)/b30-17+. The van der Waals surface area contributed by atoms with Gasteiger partial charge in [-0.3, -0.25) is 19.3 Å². The maximum atomic E-state index is 13.1. The Morgan fingerprint density at radius 2 is 1.71 bits per heavy atom. The van der Waals surface area contributed by atoms with E-state index in [0.29, 0.717) is 30.3 Å². The highest BCUT2D eigenvalue weighted by atomic mass is 35.5. The average molecular weight is 645 g/mol.